The normalized spacial score (nSPS) is 12.6. The number of halogens is 4. The fraction of sp³-hybridized carbons (Fsp3) is 0.480. The first-order chi connectivity index (χ1) is 27.4. The summed E-state index contributed by atoms with van der Waals surface area (Å²) in [6, 6.07) is 23.1. The fourth-order valence-electron chi connectivity index (χ4n) is 6.03. The van der Waals surface area contributed by atoms with Crippen LogP contribution in [0.15, 0.2) is 66.7 Å². The monoisotopic (exact) mass is 906 g/mol. The molecule has 0 aliphatic rings. The Bertz CT molecular complexity index is 2060. The highest BCUT2D eigenvalue weighted by Crippen LogP contribution is 2.37. The second-order valence-corrected chi connectivity index (χ2v) is 23.5. The maximum Gasteiger partial charge on any atom is 0.488 e. The molecule has 0 saturated carbocycles. The van der Waals surface area contributed by atoms with Gasteiger partial charge in [0.05, 0.1) is 11.4 Å². The van der Waals surface area contributed by atoms with Crippen LogP contribution < -0.4 is 5.46 Å². The Morgan fingerprint density at radius 1 is 0.344 bits per heavy atom. The van der Waals surface area contributed by atoms with Crippen LogP contribution in [0.4, 0.5) is 0 Å². The van der Waals surface area contributed by atoms with Gasteiger partial charge in [-0.15, -0.1) is 0 Å². The average Bonchev–Trinajstić information content (AvgIpc) is 3.08. The van der Waals surface area contributed by atoms with E-state index in [-0.39, 0.29) is 53.4 Å². The van der Waals surface area contributed by atoms with E-state index in [0.717, 1.165) is 33.6 Å². The van der Waals surface area contributed by atoms with Gasteiger partial charge in [0, 0.05) is 17.2 Å². The Morgan fingerprint density at radius 3 is 0.820 bits per heavy atom. The van der Waals surface area contributed by atoms with Gasteiger partial charge in [-0.05, 0) is 125 Å². The first kappa shape index (κ1) is 52.3. The highest BCUT2D eigenvalue weighted by atomic mass is 35.5. The molecule has 0 aliphatic heterocycles. The summed E-state index contributed by atoms with van der Waals surface area (Å²) in [5.74, 6) is 0. The number of hydrogen-bond donors (Lipinski definition) is 2. The Labute approximate surface area is 387 Å². The molecule has 6 nitrogen and oxygen atoms in total. The molecule has 0 fully saturated rings. The maximum absolute atomic E-state index is 9.36. The molecule has 3 aromatic carbocycles. The fourth-order valence-corrected chi connectivity index (χ4v) is 6.90. The lowest BCUT2D eigenvalue weighted by Crippen LogP contribution is -2.33. The molecule has 2 N–H and O–H groups in total. The van der Waals surface area contributed by atoms with Crippen LogP contribution in [-0.4, -0.2) is 37.1 Å². The van der Waals surface area contributed by atoms with Crippen LogP contribution in [0.2, 0.25) is 20.9 Å². The molecule has 0 aliphatic carbocycles. The number of benzene rings is 3. The van der Waals surface area contributed by atoms with Gasteiger partial charge >= 0.3 is 7.12 Å². The van der Waals surface area contributed by atoms with E-state index >= 15 is 0 Å². The Balaban J connectivity index is 0.000000312. The van der Waals surface area contributed by atoms with Gasteiger partial charge in [-0.2, -0.15) is 0 Å². The third-order valence-electron chi connectivity index (χ3n) is 10.2. The second-order valence-electron chi connectivity index (χ2n) is 22.0. The molecule has 61 heavy (non-hydrogen) atoms. The molecule has 0 spiro atoms. The summed E-state index contributed by atoms with van der Waals surface area (Å²) in [6.45, 7) is 39.8. The first-order valence-electron chi connectivity index (χ1n) is 20.7. The van der Waals surface area contributed by atoms with Gasteiger partial charge in [-0.3, -0.25) is 0 Å². The van der Waals surface area contributed by atoms with E-state index in [1.807, 2.05) is 12.1 Å². The second kappa shape index (κ2) is 19.4. The molecule has 0 saturated heterocycles. The van der Waals surface area contributed by atoms with Crippen LogP contribution in [-0.2, 0) is 32.5 Å². The molecule has 0 unspecified atom stereocenters. The molecule has 0 amide bonds. The Morgan fingerprint density at radius 2 is 0.590 bits per heavy atom. The molecule has 5 rings (SSSR count). The quantitative estimate of drug-likeness (QED) is 0.106. The van der Waals surface area contributed by atoms with Gasteiger partial charge in [0.15, 0.2) is 0 Å². The SMILES string of the molecule is CC(C)(C)c1cc(-c2cc(-c3cc(C(C)(C)C)cc(C(C)(C)C)c3)nc(Cl)n2)cc(C(C)(C)C)c1.CC(C)(C)c1cc(B(O)O)cc(C(C)(C)C)c1.Clc1cc(Cl)nc(Cl)n1. The van der Waals surface area contributed by atoms with Gasteiger partial charge < -0.3 is 10.0 Å². The Hall–Kier alpha value is -3.04. The van der Waals surface area contributed by atoms with Crippen LogP contribution in [0.1, 0.15) is 158 Å². The van der Waals surface area contributed by atoms with Crippen molar-refractivity contribution in [2.75, 3.05) is 0 Å². The zero-order valence-electron chi connectivity index (χ0n) is 39.6. The van der Waals surface area contributed by atoms with Gasteiger partial charge in [0.2, 0.25) is 10.6 Å². The summed E-state index contributed by atoms with van der Waals surface area (Å²) in [6.07, 6.45) is 0. The molecule has 2 heterocycles. The highest BCUT2D eigenvalue weighted by Gasteiger charge is 2.25. The van der Waals surface area contributed by atoms with Crippen molar-refractivity contribution < 1.29 is 10.0 Å². The van der Waals surface area contributed by atoms with Crippen molar-refractivity contribution in [2.45, 2.75) is 157 Å². The molecule has 2 aromatic heterocycles. The van der Waals surface area contributed by atoms with Gasteiger partial charge in [-0.1, -0.05) is 178 Å². The van der Waals surface area contributed by atoms with E-state index in [9.17, 15) is 10.0 Å². The summed E-state index contributed by atoms with van der Waals surface area (Å²) in [5.41, 5.74) is 12.0. The predicted octanol–water partition coefficient (Wildman–Crippen LogP) is 14.1. The van der Waals surface area contributed by atoms with Crippen molar-refractivity contribution in [2.24, 2.45) is 0 Å². The van der Waals surface area contributed by atoms with Crippen LogP contribution in [0.3, 0.4) is 0 Å². The molecule has 0 radical (unpaired) electrons. The predicted molar refractivity (Wildman–Crippen MR) is 263 cm³/mol. The molecule has 0 bridgehead atoms. The van der Waals surface area contributed by atoms with Gasteiger partial charge in [0.25, 0.3) is 0 Å². The van der Waals surface area contributed by atoms with E-state index < -0.39 is 7.12 Å². The standard InChI is InChI=1S/C32H43ClN2.C14H23BO2.C4HCl3N2/c1-29(2,3)22-13-20(14-23(17-22)30(4,5)6)26-19-27(35-28(33)34-26)21-15-24(31(7,8)9)18-25(16-21)32(10,11)12;1-13(2,3)10-7-11(14(4,5)6)9-12(8-10)15(16)17;5-2-1-3(6)9-4(7)8-2/h13-19H,1-12H3;7-9,16-17H,1-6H3;1H. The summed E-state index contributed by atoms with van der Waals surface area (Å²) in [5, 5.41) is 19.6. The van der Waals surface area contributed by atoms with E-state index in [4.69, 9.17) is 46.4 Å². The van der Waals surface area contributed by atoms with Crippen molar-refractivity contribution in [1.82, 2.24) is 19.9 Å². The largest absolute Gasteiger partial charge is 0.488 e. The molecule has 11 heteroatoms. The molecule has 0 atom stereocenters. The number of aromatic nitrogens is 4. The summed E-state index contributed by atoms with van der Waals surface area (Å²) in [7, 11) is -1.40. The number of hydrogen-bond acceptors (Lipinski definition) is 6. The minimum atomic E-state index is -1.40. The molecule has 5 aromatic rings. The smallest absolute Gasteiger partial charge is 0.423 e. The van der Waals surface area contributed by atoms with Gasteiger partial charge in [-0.25, -0.2) is 19.9 Å². The van der Waals surface area contributed by atoms with Crippen molar-refractivity contribution in [3.05, 3.63) is 121 Å². The minimum Gasteiger partial charge on any atom is -0.423 e. The average molecular weight is 909 g/mol. The van der Waals surface area contributed by atoms with Crippen LogP contribution >= 0.6 is 46.4 Å². The zero-order chi connectivity index (χ0) is 46.8. The Kier molecular flexibility index (Phi) is 16.6. The maximum atomic E-state index is 9.36. The van der Waals surface area contributed by atoms with E-state index in [1.54, 1.807) is 0 Å². The molecular formula is C50H67BCl4N4O2. The zero-order valence-corrected chi connectivity index (χ0v) is 42.6. The molecule has 330 valence electrons. The first-order valence-corrected chi connectivity index (χ1v) is 22.2. The lowest BCUT2D eigenvalue weighted by molar-refractivity contribution is 0.425. The minimum absolute atomic E-state index is 0.00486. The number of nitrogens with zero attached hydrogens (tertiary/aromatic N) is 4. The van der Waals surface area contributed by atoms with Crippen molar-refractivity contribution >= 4 is 59.0 Å². The third-order valence-corrected chi connectivity index (χ3v) is 11.0. The van der Waals surface area contributed by atoms with E-state index in [0.29, 0.717) is 5.46 Å². The lowest BCUT2D eigenvalue weighted by atomic mass is 9.72. The molecular weight excluding hydrogens is 841 g/mol. The van der Waals surface area contributed by atoms with E-state index in [2.05, 4.69) is 193 Å². The third kappa shape index (κ3) is 15.6. The topological polar surface area (TPSA) is 92.0 Å². The van der Waals surface area contributed by atoms with Crippen LogP contribution in [0.25, 0.3) is 22.5 Å². The lowest BCUT2D eigenvalue weighted by Gasteiger charge is -2.26. The van der Waals surface area contributed by atoms with Crippen LogP contribution in [0.5, 0.6) is 0 Å². The number of rotatable bonds is 3. The van der Waals surface area contributed by atoms with Gasteiger partial charge in [0.1, 0.15) is 10.3 Å². The van der Waals surface area contributed by atoms with Crippen LogP contribution in [0, 0.1) is 0 Å². The van der Waals surface area contributed by atoms with E-state index in [1.165, 1.54) is 28.3 Å². The van der Waals surface area contributed by atoms with Crippen molar-refractivity contribution in [3.63, 3.8) is 0 Å². The summed E-state index contributed by atoms with van der Waals surface area (Å²) in [4.78, 5) is 16.5. The summed E-state index contributed by atoms with van der Waals surface area (Å²) < 4.78 is 0. The highest BCUT2D eigenvalue weighted by molar-refractivity contribution is 6.58. The van der Waals surface area contributed by atoms with Crippen molar-refractivity contribution in [3.8, 4) is 22.5 Å². The van der Waals surface area contributed by atoms with Crippen molar-refractivity contribution in [1.29, 1.82) is 0 Å². The summed E-state index contributed by atoms with van der Waals surface area (Å²) >= 11 is 22.8.